The largest absolute Gasteiger partial charge is 0.511 e. The quantitative estimate of drug-likeness (QED) is 0.690. The Morgan fingerprint density at radius 1 is 1.42 bits per heavy atom. The summed E-state index contributed by atoms with van der Waals surface area (Å²) in [7, 11) is -4.80. The highest BCUT2D eigenvalue weighted by Crippen LogP contribution is 2.50. The highest BCUT2D eigenvalue weighted by Gasteiger charge is 2.35. The number of halogens is 1. The van der Waals surface area contributed by atoms with E-state index in [2.05, 4.69) is 4.52 Å². The first kappa shape index (κ1) is 10.2. The van der Waals surface area contributed by atoms with Gasteiger partial charge >= 0.3 is 7.91 Å². The summed E-state index contributed by atoms with van der Waals surface area (Å²) >= 11 is 0. The zero-order valence-electron chi connectivity index (χ0n) is 7.12. The zero-order chi connectivity index (χ0) is 9.24. The van der Waals surface area contributed by atoms with Crippen LogP contribution >= 0.6 is 7.91 Å². The van der Waals surface area contributed by atoms with Gasteiger partial charge in [-0.3, -0.25) is 9.42 Å². The molecule has 0 bridgehead atoms. The Bertz CT molecular complexity index is 195. The minimum atomic E-state index is -4.80. The van der Waals surface area contributed by atoms with E-state index < -0.39 is 13.5 Å². The summed E-state index contributed by atoms with van der Waals surface area (Å²) in [6.45, 7) is 1.69. The van der Waals surface area contributed by atoms with Gasteiger partial charge in [0.05, 0.1) is 5.60 Å². The van der Waals surface area contributed by atoms with Gasteiger partial charge in [0.25, 0.3) is 0 Å². The molecule has 0 spiro atoms. The fraction of sp³-hybridized carbons (Fsp3) is 1.00. The molecule has 0 aromatic carbocycles. The van der Waals surface area contributed by atoms with Gasteiger partial charge in [-0.2, -0.15) is 0 Å². The van der Waals surface area contributed by atoms with E-state index in [9.17, 15) is 8.76 Å². The second-order valence-corrected chi connectivity index (χ2v) is 4.64. The summed E-state index contributed by atoms with van der Waals surface area (Å²) in [4.78, 5) is 8.40. The van der Waals surface area contributed by atoms with E-state index in [1.54, 1.807) is 6.92 Å². The van der Waals surface area contributed by atoms with E-state index in [-0.39, 0.29) is 0 Å². The van der Waals surface area contributed by atoms with Crippen LogP contribution in [-0.4, -0.2) is 10.5 Å². The molecule has 5 heteroatoms. The van der Waals surface area contributed by atoms with Gasteiger partial charge in [0.15, 0.2) is 0 Å². The molecular weight excluding hydrogens is 182 g/mol. The lowest BCUT2D eigenvalue weighted by atomic mass is 9.87. The van der Waals surface area contributed by atoms with Crippen LogP contribution in [0, 0.1) is 0 Å². The summed E-state index contributed by atoms with van der Waals surface area (Å²) in [5.74, 6) is 0. The summed E-state index contributed by atoms with van der Waals surface area (Å²) in [6, 6.07) is 0. The van der Waals surface area contributed by atoms with E-state index in [1.165, 1.54) is 0 Å². The molecule has 0 aliphatic heterocycles. The average molecular weight is 196 g/mol. The lowest BCUT2D eigenvalue weighted by Gasteiger charge is -2.32. The van der Waals surface area contributed by atoms with Crippen LogP contribution in [0.3, 0.4) is 0 Å². The first-order valence-electron chi connectivity index (χ1n) is 4.15. The molecule has 0 amide bonds. The number of hydrogen-bond donors (Lipinski definition) is 1. The average Bonchev–Trinajstić information content (AvgIpc) is 1.83. The van der Waals surface area contributed by atoms with Crippen molar-refractivity contribution in [3.8, 4) is 0 Å². The Morgan fingerprint density at radius 3 is 2.33 bits per heavy atom. The lowest BCUT2D eigenvalue weighted by molar-refractivity contribution is 0.0271. The Balaban J connectivity index is 2.53. The molecular formula is C7H14FO3P. The normalized spacial score (nSPS) is 27.9. The van der Waals surface area contributed by atoms with Gasteiger partial charge in [0.2, 0.25) is 0 Å². The van der Waals surface area contributed by atoms with Gasteiger partial charge in [-0.05, 0) is 19.8 Å². The molecule has 3 nitrogen and oxygen atoms in total. The van der Waals surface area contributed by atoms with Crippen molar-refractivity contribution in [2.45, 2.75) is 44.6 Å². The molecule has 0 heterocycles. The summed E-state index contributed by atoms with van der Waals surface area (Å²) < 4.78 is 27.2. The molecule has 0 radical (unpaired) electrons. The molecule has 1 aliphatic rings. The van der Waals surface area contributed by atoms with Crippen molar-refractivity contribution in [2.24, 2.45) is 0 Å². The highest BCUT2D eigenvalue weighted by atomic mass is 31.2. The van der Waals surface area contributed by atoms with Crippen molar-refractivity contribution in [3.05, 3.63) is 0 Å². The first-order chi connectivity index (χ1) is 5.41. The topological polar surface area (TPSA) is 46.5 Å². The zero-order valence-corrected chi connectivity index (χ0v) is 8.02. The molecule has 1 fully saturated rings. The van der Waals surface area contributed by atoms with E-state index in [0.29, 0.717) is 12.8 Å². The summed E-state index contributed by atoms with van der Waals surface area (Å²) in [5.41, 5.74) is -0.725. The van der Waals surface area contributed by atoms with Crippen LogP contribution in [0.5, 0.6) is 0 Å². The standard InChI is InChI=1S/C7H14FO3P/c1-7(11-12(8,9)10)5-3-2-4-6-7/h2-6H2,1H3,(H,9,10). The Kier molecular flexibility index (Phi) is 2.92. The maximum absolute atomic E-state index is 12.3. The van der Waals surface area contributed by atoms with Gasteiger partial charge in [-0.25, -0.2) is 4.57 Å². The Hall–Kier alpha value is 0.0800. The second-order valence-electron chi connectivity index (χ2n) is 3.55. The Labute approximate surface area is 71.6 Å². The van der Waals surface area contributed by atoms with E-state index in [4.69, 9.17) is 4.89 Å². The predicted octanol–water partition coefficient (Wildman–Crippen LogP) is 2.80. The van der Waals surface area contributed by atoms with Gasteiger partial charge in [-0.15, -0.1) is 4.20 Å². The molecule has 0 saturated heterocycles. The second kappa shape index (κ2) is 3.44. The van der Waals surface area contributed by atoms with Crippen LogP contribution in [0.4, 0.5) is 4.20 Å². The molecule has 72 valence electrons. The fourth-order valence-electron chi connectivity index (χ4n) is 1.66. The third-order valence-corrected chi connectivity index (χ3v) is 2.91. The van der Waals surface area contributed by atoms with Gasteiger partial charge in [0, 0.05) is 0 Å². The van der Waals surface area contributed by atoms with Crippen LogP contribution in [0.1, 0.15) is 39.0 Å². The first-order valence-corrected chi connectivity index (χ1v) is 5.61. The summed E-state index contributed by atoms with van der Waals surface area (Å²) in [6.07, 6.45) is 4.32. The molecule has 12 heavy (non-hydrogen) atoms. The monoisotopic (exact) mass is 196 g/mol. The van der Waals surface area contributed by atoms with Crippen molar-refractivity contribution < 1.29 is 18.2 Å². The summed E-state index contributed by atoms with van der Waals surface area (Å²) in [5, 5.41) is 0. The smallest absolute Gasteiger partial charge is 0.299 e. The SMILES string of the molecule is CC1(OP(=O)(O)F)CCCCC1. The van der Waals surface area contributed by atoms with E-state index in [0.717, 1.165) is 19.3 Å². The van der Waals surface area contributed by atoms with Crippen LogP contribution in [0.2, 0.25) is 0 Å². The third-order valence-electron chi connectivity index (χ3n) is 2.24. The molecule has 1 unspecified atom stereocenters. The third kappa shape index (κ3) is 3.21. The van der Waals surface area contributed by atoms with Gasteiger partial charge in [0.1, 0.15) is 0 Å². The van der Waals surface area contributed by atoms with Crippen LogP contribution in [-0.2, 0) is 9.09 Å². The van der Waals surface area contributed by atoms with Crippen molar-refractivity contribution in [1.29, 1.82) is 0 Å². The van der Waals surface area contributed by atoms with Crippen molar-refractivity contribution in [1.82, 2.24) is 0 Å². The maximum atomic E-state index is 12.3. The van der Waals surface area contributed by atoms with Crippen molar-refractivity contribution >= 4 is 7.91 Å². The highest BCUT2D eigenvalue weighted by molar-refractivity contribution is 7.47. The van der Waals surface area contributed by atoms with Gasteiger partial charge < -0.3 is 0 Å². The van der Waals surface area contributed by atoms with Crippen LogP contribution < -0.4 is 0 Å². The van der Waals surface area contributed by atoms with Crippen LogP contribution in [0.15, 0.2) is 0 Å². The fourth-order valence-corrected chi connectivity index (χ4v) is 2.39. The molecule has 1 N–H and O–H groups in total. The van der Waals surface area contributed by atoms with E-state index >= 15 is 0 Å². The molecule has 1 atom stereocenters. The minimum Gasteiger partial charge on any atom is -0.299 e. The van der Waals surface area contributed by atoms with Gasteiger partial charge in [-0.1, -0.05) is 19.3 Å². The molecule has 1 saturated carbocycles. The predicted molar refractivity (Wildman–Crippen MR) is 43.5 cm³/mol. The van der Waals surface area contributed by atoms with E-state index in [1.807, 2.05) is 0 Å². The maximum Gasteiger partial charge on any atom is 0.511 e. The lowest BCUT2D eigenvalue weighted by Crippen LogP contribution is -2.29. The number of rotatable bonds is 2. The minimum absolute atomic E-state index is 0.668. The molecule has 1 aliphatic carbocycles. The number of hydrogen-bond acceptors (Lipinski definition) is 2. The van der Waals surface area contributed by atoms with Crippen molar-refractivity contribution in [2.75, 3.05) is 0 Å². The van der Waals surface area contributed by atoms with Crippen molar-refractivity contribution in [3.63, 3.8) is 0 Å². The molecule has 0 aromatic heterocycles. The van der Waals surface area contributed by atoms with Crippen LogP contribution in [0.25, 0.3) is 0 Å². The molecule has 1 rings (SSSR count). The molecule has 0 aromatic rings. The Morgan fingerprint density at radius 2 is 1.92 bits per heavy atom.